The third-order valence-corrected chi connectivity index (χ3v) is 7.06. The Hall–Kier alpha value is -3.52. The minimum atomic E-state index is -0.590. The Labute approximate surface area is 229 Å². The van der Waals surface area contributed by atoms with Gasteiger partial charge in [0.1, 0.15) is 24.4 Å². The second-order valence-electron chi connectivity index (χ2n) is 9.81. The van der Waals surface area contributed by atoms with Gasteiger partial charge in [-0.15, -0.1) is 0 Å². The van der Waals surface area contributed by atoms with E-state index in [1.807, 2.05) is 109 Å². The van der Waals surface area contributed by atoms with Crippen molar-refractivity contribution in [3.05, 3.63) is 138 Å². The number of ether oxygens (including phenoxy) is 5. The van der Waals surface area contributed by atoms with Crippen LogP contribution in [0.25, 0.3) is 0 Å². The van der Waals surface area contributed by atoms with Crippen molar-refractivity contribution in [2.45, 2.75) is 50.1 Å². The highest BCUT2D eigenvalue weighted by molar-refractivity contribution is 5.44. The van der Waals surface area contributed by atoms with Gasteiger partial charge in [0, 0.05) is 11.3 Å². The maximum absolute atomic E-state index is 6.69. The lowest BCUT2D eigenvalue weighted by Gasteiger charge is -2.49. The molecule has 0 saturated carbocycles. The smallest absolute Gasteiger partial charge is 0.184 e. The van der Waals surface area contributed by atoms with Crippen LogP contribution in [0.2, 0.25) is 0 Å². The average Bonchev–Trinajstić information content (AvgIpc) is 3.01. The first kappa shape index (κ1) is 25.7. The molecule has 6 rings (SSSR count). The highest BCUT2D eigenvalue weighted by Crippen LogP contribution is 2.37. The molecule has 6 heteroatoms. The zero-order valence-corrected chi connectivity index (χ0v) is 21.7. The molecule has 0 bridgehead atoms. The number of para-hydroxylation sites is 1. The number of nitrogens with one attached hydrogen (secondary N) is 1. The first-order valence-electron chi connectivity index (χ1n) is 13.4. The van der Waals surface area contributed by atoms with E-state index in [2.05, 4.69) is 17.4 Å². The molecular weight excluding hydrogens is 490 g/mol. The molecule has 1 N–H and O–H groups in total. The zero-order chi connectivity index (χ0) is 26.3. The molecule has 4 aromatic rings. The summed E-state index contributed by atoms with van der Waals surface area (Å²) in [6.07, 6.45) is -2.18. The van der Waals surface area contributed by atoms with E-state index < -0.39 is 12.6 Å². The van der Waals surface area contributed by atoms with Crippen LogP contribution in [0.1, 0.15) is 23.0 Å². The lowest BCUT2D eigenvalue weighted by molar-refractivity contribution is -0.346. The van der Waals surface area contributed by atoms with E-state index in [1.165, 1.54) is 0 Å². The fraction of sp³-hybridized carbons (Fsp3) is 0.273. The fourth-order valence-corrected chi connectivity index (χ4v) is 5.09. The van der Waals surface area contributed by atoms with E-state index in [-0.39, 0.29) is 24.4 Å². The number of fused-ring (bicyclic) bond motifs is 1. The molecule has 2 aliphatic rings. The number of hydrogen-bond donors (Lipinski definition) is 1. The summed E-state index contributed by atoms with van der Waals surface area (Å²) >= 11 is 0. The molecule has 2 heterocycles. The van der Waals surface area contributed by atoms with E-state index in [0.29, 0.717) is 19.8 Å². The van der Waals surface area contributed by atoms with Crippen LogP contribution in [0.15, 0.2) is 121 Å². The maximum atomic E-state index is 6.69. The largest absolute Gasteiger partial charge is 0.375 e. The summed E-state index contributed by atoms with van der Waals surface area (Å²) in [5.41, 5.74) is 4.08. The van der Waals surface area contributed by atoms with Crippen molar-refractivity contribution in [1.82, 2.24) is 0 Å². The first-order valence-corrected chi connectivity index (χ1v) is 13.4. The molecule has 6 nitrogen and oxygen atoms in total. The Balaban J connectivity index is 1.30. The first-order chi connectivity index (χ1) is 19.3. The molecule has 0 amide bonds. The Morgan fingerprint density at radius 2 is 1.21 bits per heavy atom. The van der Waals surface area contributed by atoms with Gasteiger partial charge in [0.15, 0.2) is 12.6 Å². The van der Waals surface area contributed by atoms with Crippen LogP contribution in [0.3, 0.4) is 0 Å². The van der Waals surface area contributed by atoms with Gasteiger partial charge in [-0.1, -0.05) is 109 Å². The van der Waals surface area contributed by atoms with Gasteiger partial charge in [-0.25, -0.2) is 0 Å². The van der Waals surface area contributed by atoms with Crippen LogP contribution in [0, 0.1) is 0 Å². The number of hydrogen-bond acceptors (Lipinski definition) is 6. The minimum absolute atomic E-state index is 0.337. The van der Waals surface area contributed by atoms with Crippen molar-refractivity contribution >= 4 is 5.69 Å². The molecule has 2 aliphatic heterocycles. The predicted molar refractivity (Wildman–Crippen MR) is 149 cm³/mol. The maximum Gasteiger partial charge on any atom is 0.184 e. The highest BCUT2D eigenvalue weighted by atomic mass is 16.7. The van der Waals surface area contributed by atoms with E-state index in [4.69, 9.17) is 23.7 Å². The molecule has 0 aromatic heterocycles. The van der Waals surface area contributed by atoms with E-state index in [0.717, 1.165) is 22.4 Å². The third-order valence-electron chi connectivity index (χ3n) is 7.06. The molecule has 0 aliphatic carbocycles. The number of rotatable bonds is 9. The van der Waals surface area contributed by atoms with E-state index >= 15 is 0 Å². The summed E-state index contributed by atoms with van der Waals surface area (Å²) in [4.78, 5) is 0. The molecule has 0 unspecified atom stereocenters. The van der Waals surface area contributed by atoms with Gasteiger partial charge < -0.3 is 29.0 Å². The van der Waals surface area contributed by atoms with Crippen molar-refractivity contribution in [2.24, 2.45) is 0 Å². The Bertz CT molecular complexity index is 1270. The molecule has 39 heavy (non-hydrogen) atoms. The second-order valence-corrected chi connectivity index (χ2v) is 9.81. The van der Waals surface area contributed by atoms with Crippen LogP contribution < -0.4 is 5.32 Å². The van der Waals surface area contributed by atoms with Crippen molar-refractivity contribution in [1.29, 1.82) is 0 Å². The van der Waals surface area contributed by atoms with Gasteiger partial charge >= 0.3 is 0 Å². The fourth-order valence-electron chi connectivity index (χ4n) is 5.09. The molecule has 2 fully saturated rings. The standard InChI is InChI=1S/C33H33NO5/c1-5-13-24(14-6-1)21-35-31-29(34-27-19-11-4-12-20-27)33(36-22-25-15-7-2-8-16-25)38-28-23-37-32(39-30(28)31)26-17-9-3-10-18-26/h1-20,28-34H,21-23H2/t28-,29-,30-,31-,32-,33+/m1/s1. The average molecular weight is 524 g/mol. The van der Waals surface area contributed by atoms with Crippen molar-refractivity contribution in [3.63, 3.8) is 0 Å². The quantitative estimate of drug-likeness (QED) is 0.286. The zero-order valence-electron chi connectivity index (χ0n) is 21.7. The molecule has 2 saturated heterocycles. The van der Waals surface area contributed by atoms with Crippen LogP contribution in [-0.2, 0) is 36.9 Å². The van der Waals surface area contributed by atoms with Gasteiger partial charge in [0.2, 0.25) is 0 Å². The highest BCUT2D eigenvalue weighted by Gasteiger charge is 2.51. The summed E-state index contributed by atoms with van der Waals surface area (Å²) in [5.74, 6) is 0. The number of anilines is 1. The van der Waals surface area contributed by atoms with Crippen LogP contribution in [-0.4, -0.2) is 37.3 Å². The molecule has 0 spiro atoms. The molecule has 6 atom stereocenters. The monoisotopic (exact) mass is 523 g/mol. The van der Waals surface area contributed by atoms with Crippen molar-refractivity contribution in [2.75, 3.05) is 11.9 Å². The van der Waals surface area contributed by atoms with Gasteiger partial charge in [-0.05, 0) is 23.3 Å². The third kappa shape index (κ3) is 6.38. The second kappa shape index (κ2) is 12.6. The summed E-state index contributed by atoms with van der Waals surface area (Å²) in [7, 11) is 0. The molecule has 200 valence electrons. The van der Waals surface area contributed by atoms with Crippen LogP contribution in [0.4, 0.5) is 5.69 Å². The Kier molecular flexibility index (Phi) is 8.29. The lowest BCUT2D eigenvalue weighted by atomic mass is 9.95. The van der Waals surface area contributed by atoms with Crippen molar-refractivity contribution < 1.29 is 23.7 Å². The normalized spacial score (nSPS) is 26.5. The van der Waals surface area contributed by atoms with Gasteiger partial charge in [0.25, 0.3) is 0 Å². The summed E-state index contributed by atoms with van der Waals surface area (Å²) < 4.78 is 32.4. The van der Waals surface area contributed by atoms with E-state index in [1.54, 1.807) is 0 Å². The topological polar surface area (TPSA) is 58.2 Å². The number of benzene rings is 4. The van der Waals surface area contributed by atoms with Gasteiger partial charge in [-0.3, -0.25) is 0 Å². The Morgan fingerprint density at radius 3 is 1.85 bits per heavy atom. The lowest BCUT2D eigenvalue weighted by Crippen LogP contribution is -2.65. The SMILES string of the molecule is c1ccc(CO[C@H]2O[C@@H]3CO[C@@H](c4ccccc4)O[C@H]3[C@H](OCc3ccccc3)[C@H]2Nc2ccccc2)cc1. The van der Waals surface area contributed by atoms with Crippen LogP contribution in [0.5, 0.6) is 0 Å². The van der Waals surface area contributed by atoms with Crippen LogP contribution >= 0.6 is 0 Å². The summed E-state index contributed by atoms with van der Waals surface area (Å²) in [5, 5.41) is 3.65. The minimum Gasteiger partial charge on any atom is -0.375 e. The molecular formula is C33H33NO5. The van der Waals surface area contributed by atoms with E-state index in [9.17, 15) is 0 Å². The predicted octanol–water partition coefficient (Wildman–Crippen LogP) is 6.11. The van der Waals surface area contributed by atoms with Crippen molar-refractivity contribution in [3.8, 4) is 0 Å². The summed E-state index contributed by atoms with van der Waals surface area (Å²) in [6.45, 7) is 1.22. The Morgan fingerprint density at radius 1 is 0.641 bits per heavy atom. The summed E-state index contributed by atoms with van der Waals surface area (Å²) in [6, 6.07) is 40.0. The molecule has 4 aromatic carbocycles. The van der Waals surface area contributed by atoms with Gasteiger partial charge in [-0.2, -0.15) is 0 Å². The van der Waals surface area contributed by atoms with Gasteiger partial charge in [0.05, 0.1) is 19.8 Å². The molecule has 0 radical (unpaired) electrons.